The first kappa shape index (κ1) is 17.3. The van der Waals surface area contributed by atoms with Gasteiger partial charge >= 0.3 is 0 Å². The average molecular weight is 390 g/mol. The third-order valence-electron chi connectivity index (χ3n) is 4.37. The lowest BCUT2D eigenvalue weighted by molar-refractivity contribution is -0.117. The molecule has 1 N–H and O–H groups in total. The fraction of sp³-hybridized carbons (Fsp3) is 0.211. The van der Waals surface area contributed by atoms with Crippen LogP contribution in [0.15, 0.2) is 47.2 Å². The summed E-state index contributed by atoms with van der Waals surface area (Å²) in [5, 5.41) is 6.72. The molecule has 1 aromatic carbocycles. The van der Waals surface area contributed by atoms with Crippen LogP contribution in [-0.4, -0.2) is 23.9 Å². The molecule has 0 fully saturated rings. The predicted molar refractivity (Wildman–Crippen MR) is 101 cm³/mol. The van der Waals surface area contributed by atoms with Crippen LogP contribution in [0.25, 0.3) is 0 Å². The zero-order valence-electron chi connectivity index (χ0n) is 13.7. The minimum atomic E-state index is -0.711. The second-order valence-electron chi connectivity index (χ2n) is 6.14. The predicted octanol–water partition coefficient (Wildman–Crippen LogP) is 4.67. The van der Waals surface area contributed by atoms with E-state index in [-0.39, 0.29) is 24.2 Å². The van der Waals surface area contributed by atoms with Crippen molar-refractivity contribution in [2.75, 3.05) is 18.4 Å². The molecule has 0 saturated carbocycles. The van der Waals surface area contributed by atoms with Crippen LogP contribution in [0, 0.1) is 11.6 Å². The Hall–Kier alpha value is -2.09. The molecule has 0 saturated heterocycles. The number of anilines is 1. The maximum absolute atomic E-state index is 13.3. The van der Waals surface area contributed by atoms with Gasteiger partial charge in [-0.15, -0.1) is 22.7 Å². The highest BCUT2D eigenvalue weighted by Gasteiger charge is 2.31. The molecule has 0 spiro atoms. The van der Waals surface area contributed by atoms with Crippen LogP contribution in [0.4, 0.5) is 14.5 Å². The minimum Gasteiger partial charge on any atom is -0.325 e. The molecule has 26 heavy (non-hydrogen) atoms. The molecule has 0 aliphatic carbocycles. The standard InChI is InChI=1S/C19H16F2N2OS2/c20-12-8-13(21)10-14(9-12)22-18(24)11-23-5-3-16-15(4-7-26-16)19(23)17-2-1-6-25-17/h1-2,4,6-10,19H,3,5,11H2,(H,22,24)/t19-/m1/s1. The molecule has 7 heteroatoms. The van der Waals surface area contributed by atoms with Gasteiger partial charge < -0.3 is 5.32 Å². The average Bonchev–Trinajstić information content (AvgIpc) is 3.24. The number of benzene rings is 1. The fourth-order valence-corrected chi connectivity index (χ4v) is 5.11. The van der Waals surface area contributed by atoms with Crippen LogP contribution in [-0.2, 0) is 11.2 Å². The van der Waals surface area contributed by atoms with Crippen molar-refractivity contribution in [1.29, 1.82) is 0 Å². The second-order valence-corrected chi connectivity index (χ2v) is 8.12. The fourth-order valence-electron chi connectivity index (χ4n) is 3.33. The van der Waals surface area contributed by atoms with E-state index in [0.717, 1.165) is 31.2 Å². The maximum atomic E-state index is 13.3. The van der Waals surface area contributed by atoms with Gasteiger partial charge in [0, 0.05) is 28.1 Å². The lowest BCUT2D eigenvalue weighted by Gasteiger charge is -2.34. The van der Waals surface area contributed by atoms with Crippen LogP contribution in [0.3, 0.4) is 0 Å². The smallest absolute Gasteiger partial charge is 0.238 e. The summed E-state index contributed by atoms with van der Waals surface area (Å²) in [7, 11) is 0. The van der Waals surface area contributed by atoms with Crippen molar-refractivity contribution in [3.8, 4) is 0 Å². The zero-order chi connectivity index (χ0) is 18.1. The molecule has 134 valence electrons. The molecule has 0 unspecified atom stereocenters. The number of fused-ring (bicyclic) bond motifs is 1. The first-order chi connectivity index (χ1) is 12.6. The van der Waals surface area contributed by atoms with E-state index in [1.807, 2.05) is 11.4 Å². The van der Waals surface area contributed by atoms with Crippen LogP contribution < -0.4 is 5.32 Å². The summed E-state index contributed by atoms with van der Waals surface area (Å²) in [4.78, 5) is 17.1. The third-order valence-corrected chi connectivity index (χ3v) is 6.29. The number of carbonyl (C=O) groups excluding carboxylic acids is 1. The topological polar surface area (TPSA) is 32.3 Å². The molecule has 1 amide bonds. The molecule has 4 rings (SSSR count). The van der Waals surface area contributed by atoms with Gasteiger partial charge in [-0.05, 0) is 47.0 Å². The molecular formula is C19H16F2N2OS2. The summed E-state index contributed by atoms with van der Waals surface area (Å²) < 4.78 is 26.6. The molecule has 1 aliphatic rings. The van der Waals surface area contributed by atoms with Crippen LogP contribution >= 0.6 is 22.7 Å². The van der Waals surface area contributed by atoms with E-state index in [4.69, 9.17) is 0 Å². The Bertz CT molecular complexity index is 903. The molecule has 1 atom stereocenters. The van der Waals surface area contributed by atoms with Crippen molar-refractivity contribution in [2.24, 2.45) is 0 Å². The Morgan fingerprint density at radius 2 is 1.96 bits per heavy atom. The number of halogens is 2. The molecule has 0 radical (unpaired) electrons. The zero-order valence-corrected chi connectivity index (χ0v) is 15.4. The molecule has 0 bridgehead atoms. The number of nitrogens with zero attached hydrogens (tertiary/aromatic N) is 1. The van der Waals surface area contributed by atoms with Gasteiger partial charge in [0.2, 0.25) is 5.91 Å². The SMILES string of the molecule is O=C(CN1CCc2sccc2[C@@H]1c1cccs1)Nc1cc(F)cc(F)c1. The van der Waals surface area contributed by atoms with Gasteiger partial charge in [0.1, 0.15) is 11.6 Å². The summed E-state index contributed by atoms with van der Waals surface area (Å²) in [6.45, 7) is 0.928. The van der Waals surface area contributed by atoms with Gasteiger partial charge in [0.05, 0.1) is 12.6 Å². The Balaban J connectivity index is 1.54. The van der Waals surface area contributed by atoms with E-state index < -0.39 is 11.6 Å². The summed E-state index contributed by atoms with van der Waals surface area (Å²) in [6.07, 6.45) is 0.900. The highest BCUT2D eigenvalue weighted by molar-refractivity contribution is 7.10. The van der Waals surface area contributed by atoms with Crippen molar-refractivity contribution < 1.29 is 13.6 Å². The molecule has 2 aromatic heterocycles. The number of carbonyl (C=O) groups is 1. The number of nitrogens with one attached hydrogen (secondary N) is 1. The molecule has 3 heterocycles. The van der Waals surface area contributed by atoms with Crippen LogP contribution in [0.2, 0.25) is 0 Å². The Morgan fingerprint density at radius 1 is 1.15 bits per heavy atom. The highest BCUT2D eigenvalue weighted by atomic mass is 32.1. The van der Waals surface area contributed by atoms with Crippen molar-refractivity contribution in [1.82, 2.24) is 4.90 Å². The van der Waals surface area contributed by atoms with Crippen LogP contribution in [0.1, 0.15) is 21.4 Å². The lowest BCUT2D eigenvalue weighted by atomic mass is 9.98. The second kappa shape index (κ2) is 7.26. The monoisotopic (exact) mass is 390 g/mol. The first-order valence-electron chi connectivity index (χ1n) is 8.20. The molecule has 3 nitrogen and oxygen atoms in total. The van der Waals surface area contributed by atoms with E-state index in [2.05, 4.69) is 27.7 Å². The summed E-state index contributed by atoms with van der Waals surface area (Å²) >= 11 is 3.41. The summed E-state index contributed by atoms with van der Waals surface area (Å²) in [5.74, 6) is -1.70. The minimum absolute atomic E-state index is 0.0417. The third kappa shape index (κ3) is 3.56. The Morgan fingerprint density at radius 3 is 2.69 bits per heavy atom. The van der Waals surface area contributed by atoms with E-state index in [0.29, 0.717) is 0 Å². The number of rotatable bonds is 4. The van der Waals surface area contributed by atoms with E-state index in [1.54, 1.807) is 22.7 Å². The number of amides is 1. The summed E-state index contributed by atoms with van der Waals surface area (Å²) in [6, 6.07) is 9.26. The highest BCUT2D eigenvalue weighted by Crippen LogP contribution is 2.39. The van der Waals surface area contributed by atoms with Crippen molar-refractivity contribution in [3.63, 3.8) is 0 Å². The van der Waals surface area contributed by atoms with E-state index in [9.17, 15) is 13.6 Å². The van der Waals surface area contributed by atoms with Gasteiger partial charge in [-0.1, -0.05) is 6.07 Å². The van der Waals surface area contributed by atoms with Crippen molar-refractivity contribution >= 4 is 34.3 Å². The number of thiophene rings is 2. The Labute approximate surface area is 157 Å². The molecular weight excluding hydrogens is 374 g/mol. The maximum Gasteiger partial charge on any atom is 0.238 e. The first-order valence-corrected chi connectivity index (χ1v) is 9.96. The van der Waals surface area contributed by atoms with Crippen LogP contribution in [0.5, 0.6) is 0 Å². The van der Waals surface area contributed by atoms with Gasteiger partial charge in [-0.25, -0.2) is 8.78 Å². The quantitative estimate of drug-likeness (QED) is 0.702. The largest absolute Gasteiger partial charge is 0.325 e. The van der Waals surface area contributed by atoms with E-state index in [1.165, 1.54) is 15.3 Å². The molecule has 3 aromatic rings. The summed E-state index contributed by atoms with van der Waals surface area (Å²) in [5.41, 5.74) is 1.38. The molecule has 1 aliphatic heterocycles. The van der Waals surface area contributed by atoms with E-state index >= 15 is 0 Å². The van der Waals surface area contributed by atoms with Gasteiger partial charge in [0.25, 0.3) is 0 Å². The Kier molecular flexibility index (Phi) is 4.84. The van der Waals surface area contributed by atoms with Gasteiger partial charge in [0.15, 0.2) is 0 Å². The van der Waals surface area contributed by atoms with Crippen molar-refractivity contribution in [3.05, 3.63) is 74.1 Å². The van der Waals surface area contributed by atoms with Gasteiger partial charge in [-0.2, -0.15) is 0 Å². The number of hydrogen-bond donors (Lipinski definition) is 1. The lowest BCUT2D eigenvalue weighted by Crippen LogP contribution is -2.40. The van der Waals surface area contributed by atoms with Crippen molar-refractivity contribution in [2.45, 2.75) is 12.5 Å². The number of hydrogen-bond acceptors (Lipinski definition) is 4. The normalized spacial score (nSPS) is 17.1. The van der Waals surface area contributed by atoms with Gasteiger partial charge in [-0.3, -0.25) is 9.69 Å².